The maximum Gasteiger partial charge on any atom is 0.234 e. The van der Waals surface area contributed by atoms with E-state index in [1.807, 2.05) is 42.8 Å². The van der Waals surface area contributed by atoms with Crippen molar-refractivity contribution >= 4 is 46.5 Å². The first-order chi connectivity index (χ1) is 9.19. The first kappa shape index (κ1) is 14.4. The summed E-state index contributed by atoms with van der Waals surface area (Å²) in [5, 5.41) is 4.92. The van der Waals surface area contributed by atoms with Crippen LogP contribution in [0.15, 0.2) is 38.9 Å². The van der Waals surface area contributed by atoms with Crippen LogP contribution in [0.3, 0.4) is 0 Å². The van der Waals surface area contributed by atoms with E-state index in [4.69, 9.17) is 0 Å². The van der Waals surface area contributed by atoms with Crippen molar-refractivity contribution in [2.75, 3.05) is 17.3 Å². The minimum Gasteiger partial charge on any atom is -0.324 e. The number of carbonyl (C=O) groups is 1. The van der Waals surface area contributed by atoms with E-state index in [0.29, 0.717) is 5.75 Å². The molecule has 2 aromatic rings. The van der Waals surface area contributed by atoms with E-state index in [0.717, 1.165) is 20.6 Å². The molecule has 0 aliphatic heterocycles. The van der Waals surface area contributed by atoms with Gasteiger partial charge in [0.25, 0.3) is 0 Å². The zero-order valence-corrected chi connectivity index (χ0v) is 13.1. The molecule has 1 amide bonds. The highest BCUT2D eigenvalue weighted by atomic mass is 32.2. The lowest BCUT2D eigenvalue weighted by Crippen LogP contribution is -2.14. The number of hydrogen-bond donors (Lipinski definition) is 1. The average Bonchev–Trinajstić information content (AvgIpc) is 2.83. The summed E-state index contributed by atoms with van der Waals surface area (Å²) >= 11 is 4.67. The summed E-state index contributed by atoms with van der Waals surface area (Å²) < 4.78 is 0.936. The third-order valence-electron chi connectivity index (χ3n) is 2.31. The SMILES string of the molecule is CSc1ccccc1NC(=O)CSc1nc(C)cs1. The zero-order chi connectivity index (χ0) is 13.7. The Morgan fingerprint density at radius 1 is 1.42 bits per heavy atom. The number of nitrogens with zero attached hydrogens (tertiary/aromatic N) is 1. The largest absolute Gasteiger partial charge is 0.324 e. The van der Waals surface area contributed by atoms with Crippen LogP contribution in [0, 0.1) is 6.92 Å². The van der Waals surface area contributed by atoms with E-state index in [1.165, 1.54) is 11.8 Å². The van der Waals surface area contributed by atoms with Crippen molar-refractivity contribution in [3.05, 3.63) is 35.3 Å². The minimum atomic E-state index is -0.000599. The molecular weight excluding hydrogens is 296 g/mol. The summed E-state index contributed by atoms with van der Waals surface area (Å²) in [6.07, 6.45) is 2.00. The van der Waals surface area contributed by atoms with Crippen molar-refractivity contribution in [2.45, 2.75) is 16.2 Å². The minimum absolute atomic E-state index is 0.000599. The Morgan fingerprint density at radius 3 is 2.89 bits per heavy atom. The fourth-order valence-corrected chi connectivity index (χ4v) is 3.66. The summed E-state index contributed by atoms with van der Waals surface area (Å²) in [5.74, 6) is 0.384. The molecule has 1 aromatic heterocycles. The van der Waals surface area contributed by atoms with E-state index < -0.39 is 0 Å². The van der Waals surface area contributed by atoms with Gasteiger partial charge in [-0.15, -0.1) is 23.1 Å². The number of nitrogens with one attached hydrogen (secondary N) is 1. The van der Waals surface area contributed by atoms with Crippen LogP contribution in [-0.4, -0.2) is 22.9 Å². The van der Waals surface area contributed by atoms with Gasteiger partial charge in [-0.05, 0) is 25.3 Å². The molecule has 0 bridgehead atoms. The fourth-order valence-electron chi connectivity index (χ4n) is 1.46. The van der Waals surface area contributed by atoms with Gasteiger partial charge in [0.05, 0.1) is 11.4 Å². The molecule has 0 fully saturated rings. The van der Waals surface area contributed by atoms with Crippen molar-refractivity contribution in [3.63, 3.8) is 0 Å². The van der Waals surface area contributed by atoms with Crippen LogP contribution in [0.5, 0.6) is 0 Å². The fraction of sp³-hybridized carbons (Fsp3) is 0.231. The number of amides is 1. The Kier molecular flexibility index (Phi) is 5.30. The van der Waals surface area contributed by atoms with E-state index >= 15 is 0 Å². The van der Waals surface area contributed by atoms with Gasteiger partial charge in [-0.2, -0.15) is 0 Å². The standard InChI is InChI=1S/C13H14N2OS3/c1-9-7-18-13(14-9)19-8-12(16)15-10-5-3-4-6-11(10)17-2/h3-7H,8H2,1-2H3,(H,15,16). The Morgan fingerprint density at radius 2 is 2.21 bits per heavy atom. The third-order valence-corrected chi connectivity index (χ3v) is 5.24. The lowest BCUT2D eigenvalue weighted by Gasteiger charge is -2.08. The van der Waals surface area contributed by atoms with Crippen molar-refractivity contribution in [2.24, 2.45) is 0 Å². The highest BCUT2D eigenvalue weighted by molar-refractivity contribution is 8.01. The second-order valence-electron chi connectivity index (χ2n) is 3.79. The average molecular weight is 310 g/mol. The molecule has 19 heavy (non-hydrogen) atoms. The van der Waals surface area contributed by atoms with Crippen molar-refractivity contribution in [1.82, 2.24) is 4.98 Å². The molecule has 3 nitrogen and oxygen atoms in total. The molecule has 1 heterocycles. The van der Waals surface area contributed by atoms with Gasteiger partial charge in [0.15, 0.2) is 4.34 Å². The second-order valence-corrected chi connectivity index (χ2v) is 6.72. The molecule has 0 aliphatic rings. The third kappa shape index (κ3) is 4.26. The molecule has 0 saturated carbocycles. The molecule has 1 aromatic carbocycles. The number of benzene rings is 1. The maximum absolute atomic E-state index is 11.9. The number of anilines is 1. The van der Waals surface area contributed by atoms with E-state index in [9.17, 15) is 4.79 Å². The van der Waals surface area contributed by atoms with Crippen molar-refractivity contribution in [3.8, 4) is 0 Å². The van der Waals surface area contributed by atoms with Gasteiger partial charge in [-0.3, -0.25) is 4.79 Å². The number of carbonyl (C=O) groups excluding carboxylic acids is 1. The Labute approximate surface area is 125 Å². The van der Waals surface area contributed by atoms with Gasteiger partial charge in [0, 0.05) is 16.0 Å². The number of rotatable bonds is 5. The second kappa shape index (κ2) is 6.98. The maximum atomic E-state index is 11.9. The lowest BCUT2D eigenvalue weighted by atomic mass is 10.3. The molecular formula is C13H14N2OS3. The number of hydrogen-bond acceptors (Lipinski definition) is 5. The highest BCUT2D eigenvalue weighted by Crippen LogP contribution is 2.26. The predicted octanol–water partition coefficient (Wildman–Crippen LogP) is 3.90. The number of thioether (sulfide) groups is 2. The summed E-state index contributed by atoms with van der Waals surface area (Å²) in [5.41, 5.74) is 1.87. The molecule has 6 heteroatoms. The molecule has 100 valence electrons. The molecule has 0 unspecified atom stereocenters. The Balaban J connectivity index is 1.90. The molecule has 0 saturated heterocycles. The van der Waals surface area contributed by atoms with Crippen molar-refractivity contribution < 1.29 is 4.79 Å². The number of aryl methyl sites for hydroxylation is 1. The molecule has 2 rings (SSSR count). The summed E-state index contributed by atoms with van der Waals surface area (Å²) in [4.78, 5) is 17.3. The highest BCUT2D eigenvalue weighted by Gasteiger charge is 2.08. The van der Waals surface area contributed by atoms with Gasteiger partial charge >= 0.3 is 0 Å². The van der Waals surface area contributed by atoms with Gasteiger partial charge in [-0.1, -0.05) is 23.9 Å². The zero-order valence-electron chi connectivity index (χ0n) is 10.7. The summed E-state index contributed by atoms with van der Waals surface area (Å²) in [6.45, 7) is 1.95. The van der Waals surface area contributed by atoms with E-state index in [2.05, 4.69) is 10.3 Å². The molecule has 0 atom stereocenters. The summed E-state index contributed by atoms with van der Waals surface area (Å²) in [6, 6.07) is 7.81. The number of thiazole rings is 1. The van der Waals surface area contributed by atoms with Gasteiger partial charge in [0.1, 0.15) is 0 Å². The van der Waals surface area contributed by atoms with Crippen LogP contribution in [0.25, 0.3) is 0 Å². The quantitative estimate of drug-likeness (QED) is 0.850. The van der Waals surface area contributed by atoms with E-state index in [1.54, 1.807) is 23.1 Å². The summed E-state index contributed by atoms with van der Waals surface area (Å²) in [7, 11) is 0. The van der Waals surface area contributed by atoms with Gasteiger partial charge in [-0.25, -0.2) is 4.98 Å². The van der Waals surface area contributed by atoms with Crippen molar-refractivity contribution in [1.29, 1.82) is 0 Å². The number of aromatic nitrogens is 1. The number of para-hydroxylation sites is 1. The van der Waals surface area contributed by atoms with Crippen LogP contribution in [0.2, 0.25) is 0 Å². The monoisotopic (exact) mass is 310 g/mol. The van der Waals surface area contributed by atoms with Crippen LogP contribution in [0.4, 0.5) is 5.69 Å². The van der Waals surface area contributed by atoms with Crippen LogP contribution in [-0.2, 0) is 4.79 Å². The van der Waals surface area contributed by atoms with Gasteiger partial charge < -0.3 is 5.32 Å². The normalized spacial score (nSPS) is 10.4. The lowest BCUT2D eigenvalue weighted by molar-refractivity contribution is -0.113. The first-order valence-electron chi connectivity index (χ1n) is 5.67. The molecule has 0 radical (unpaired) electrons. The molecule has 0 aliphatic carbocycles. The predicted molar refractivity (Wildman–Crippen MR) is 84.4 cm³/mol. The molecule has 1 N–H and O–H groups in total. The topological polar surface area (TPSA) is 42.0 Å². The Bertz CT molecular complexity index is 569. The smallest absolute Gasteiger partial charge is 0.234 e. The van der Waals surface area contributed by atoms with Crippen LogP contribution < -0.4 is 5.32 Å². The van der Waals surface area contributed by atoms with E-state index in [-0.39, 0.29) is 5.91 Å². The van der Waals surface area contributed by atoms with Gasteiger partial charge in [0.2, 0.25) is 5.91 Å². The van der Waals surface area contributed by atoms with Crippen LogP contribution >= 0.6 is 34.9 Å². The first-order valence-corrected chi connectivity index (χ1v) is 8.76. The molecule has 0 spiro atoms. The van der Waals surface area contributed by atoms with Crippen LogP contribution in [0.1, 0.15) is 5.69 Å². The Hall–Kier alpha value is -0.980.